The van der Waals surface area contributed by atoms with E-state index in [1.807, 2.05) is 41.5 Å². The monoisotopic (exact) mass is 681 g/mol. The third-order valence-corrected chi connectivity index (χ3v) is 12.6. The summed E-state index contributed by atoms with van der Waals surface area (Å²) >= 11 is 0. The van der Waals surface area contributed by atoms with Crippen molar-refractivity contribution in [1.82, 2.24) is 4.90 Å². The van der Waals surface area contributed by atoms with Gasteiger partial charge in [0.05, 0.1) is 30.8 Å². The predicted octanol–water partition coefficient (Wildman–Crippen LogP) is 3.51. The van der Waals surface area contributed by atoms with Crippen LogP contribution in [0.2, 0.25) is 0 Å². The van der Waals surface area contributed by atoms with Gasteiger partial charge >= 0.3 is 5.97 Å². The molecule has 0 aromatic carbocycles. The van der Waals surface area contributed by atoms with Crippen LogP contribution in [0.25, 0.3) is 0 Å². The summed E-state index contributed by atoms with van der Waals surface area (Å²) in [7, 11) is 5.74. The highest BCUT2D eigenvalue weighted by Gasteiger charge is 2.77. The number of esters is 1. The van der Waals surface area contributed by atoms with Crippen molar-refractivity contribution in [3.8, 4) is 0 Å². The predicted molar refractivity (Wildman–Crippen MR) is 173 cm³/mol. The quantitative estimate of drug-likeness (QED) is 0.325. The third kappa shape index (κ3) is 5.66. The van der Waals surface area contributed by atoms with E-state index in [-0.39, 0.29) is 31.1 Å². The lowest BCUT2D eigenvalue weighted by Gasteiger charge is -2.58. The number of carbonyl (C=O) groups is 1. The number of fused-ring (bicyclic) bond motifs is 5. The molecule has 0 aromatic heterocycles. The summed E-state index contributed by atoms with van der Waals surface area (Å²) in [5, 5.41) is 23.6. The number of epoxide rings is 1. The second-order valence-corrected chi connectivity index (χ2v) is 16.3. The molecule has 12 nitrogen and oxygen atoms in total. The molecule has 0 amide bonds. The molecule has 17 atom stereocenters. The first-order chi connectivity index (χ1) is 22.3. The van der Waals surface area contributed by atoms with Gasteiger partial charge in [0.15, 0.2) is 12.1 Å². The summed E-state index contributed by atoms with van der Waals surface area (Å²) in [6.45, 7) is 17.4. The molecule has 6 heterocycles. The Balaban J connectivity index is 1.41. The van der Waals surface area contributed by atoms with Gasteiger partial charge in [0.25, 0.3) is 0 Å². The van der Waals surface area contributed by atoms with Crippen molar-refractivity contribution >= 4 is 5.97 Å². The molecule has 7 unspecified atom stereocenters. The topological polar surface area (TPSA) is 138 Å². The van der Waals surface area contributed by atoms with Gasteiger partial charge in [-0.05, 0) is 66.6 Å². The van der Waals surface area contributed by atoms with Crippen LogP contribution >= 0.6 is 0 Å². The second-order valence-electron chi connectivity index (χ2n) is 16.3. The summed E-state index contributed by atoms with van der Waals surface area (Å²) < 4.78 is 51.6. The van der Waals surface area contributed by atoms with Crippen molar-refractivity contribution in [2.45, 2.75) is 166 Å². The number of hydrogen-bond acceptors (Lipinski definition) is 12. The van der Waals surface area contributed by atoms with E-state index in [0.717, 1.165) is 5.57 Å². The van der Waals surface area contributed by atoms with E-state index in [4.69, 9.17) is 37.9 Å². The van der Waals surface area contributed by atoms with Crippen molar-refractivity contribution in [3.63, 3.8) is 0 Å². The Morgan fingerprint density at radius 2 is 1.71 bits per heavy atom. The summed E-state index contributed by atoms with van der Waals surface area (Å²) in [6, 6.07) is 0.236. The van der Waals surface area contributed by atoms with Crippen LogP contribution in [0.15, 0.2) is 11.3 Å². The molecule has 0 aliphatic carbocycles. The molecule has 2 bridgehead atoms. The first kappa shape index (κ1) is 36.4. The van der Waals surface area contributed by atoms with Crippen LogP contribution in [-0.2, 0) is 42.7 Å². The Morgan fingerprint density at radius 3 is 2.33 bits per heavy atom. The first-order valence-electron chi connectivity index (χ1n) is 17.9. The average molecular weight is 682 g/mol. The number of rotatable bonds is 5. The first-order valence-corrected chi connectivity index (χ1v) is 17.9. The van der Waals surface area contributed by atoms with Gasteiger partial charge in [-0.2, -0.15) is 0 Å². The van der Waals surface area contributed by atoms with Gasteiger partial charge in [0.1, 0.15) is 41.2 Å². The maximum Gasteiger partial charge on any atom is 0.317 e. The molecule has 2 N–H and O–H groups in total. The Kier molecular flexibility index (Phi) is 9.42. The molecular formula is C36H59NO11. The van der Waals surface area contributed by atoms with Gasteiger partial charge in [-0.15, -0.1) is 0 Å². The van der Waals surface area contributed by atoms with Crippen molar-refractivity contribution in [1.29, 1.82) is 0 Å². The fourth-order valence-electron chi connectivity index (χ4n) is 9.67. The van der Waals surface area contributed by atoms with Crippen LogP contribution in [0.4, 0.5) is 0 Å². The smallest absolute Gasteiger partial charge is 0.317 e. The van der Waals surface area contributed by atoms with Crippen LogP contribution in [0, 0.1) is 23.7 Å². The zero-order chi connectivity index (χ0) is 35.3. The van der Waals surface area contributed by atoms with Crippen LogP contribution in [-0.4, -0.2) is 120 Å². The van der Waals surface area contributed by atoms with Crippen molar-refractivity contribution < 1.29 is 52.9 Å². The Morgan fingerprint density at radius 1 is 1.02 bits per heavy atom. The number of nitrogens with zero attached hydrogens (tertiary/aromatic N) is 1. The summed E-state index contributed by atoms with van der Waals surface area (Å²) in [5.41, 5.74) is -1.72. The summed E-state index contributed by atoms with van der Waals surface area (Å²) in [4.78, 5) is 16.7. The molecule has 12 heteroatoms. The number of cyclic esters (lactones) is 1. The molecule has 5 saturated heterocycles. The minimum Gasteiger partial charge on any atom is -0.489 e. The molecule has 0 aromatic rings. The third-order valence-electron chi connectivity index (χ3n) is 12.6. The molecule has 48 heavy (non-hydrogen) atoms. The molecule has 0 radical (unpaired) electrons. The fraction of sp³-hybridized carbons (Fsp3) is 0.917. The number of ether oxygens (including phenoxy) is 8. The number of hydrogen-bond donors (Lipinski definition) is 2. The molecule has 6 rings (SSSR count). The largest absolute Gasteiger partial charge is 0.489 e. The van der Waals surface area contributed by atoms with Crippen LogP contribution in [0.5, 0.6) is 0 Å². The van der Waals surface area contributed by atoms with Crippen LogP contribution in [0.1, 0.15) is 88.0 Å². The lowest BCUT2D eigenvalue weighted by molar-refractivity contribution is -0.420. The minimum absolute atomic E-state index is 0.0443. The molecular weight excluding hydrogens is 622 g/mol. The summed E-state index contributed by atoms with van der Waals surface area (Å²) in [5.74, 6) is -3.87. The van der Waals surface area contributed by atoms with Gasteiger partial charge in [0, 0.05) is 37.8 Å². The highest BCUT2D eigenvalue weighted by molar-refractivity contribution is 5.76. The Bertz CT molecular complexity index is 1270. The number of aliphatic hydroxyl groups excluding tert-OH is 1. The zero-order valence-corrected chi connectivity index (χ0v) is 30.8. The Hall–Kier alpha value is -1.35. The molecule has 5 fully saturated rings. The average Bonchev–Trinajstić information content (AvgIpc) is 3.67. The molecule has 274 valence electrons. The van der Waals surface area contributed by atoms with E-state index in [9.17, 15) is 15.0 Å². The molecule has 0 saturated carbocycles. The number of methoxy groups -OCH3 is 1. The zero-order valence-electron chi connectivity index (χ0n) is 30.8. The van der Waals surface area contributed by atoms with E-state index in [0.29, 0.717) is 24.5 Å². The maximum atomic E-state index is 14.5. The van der Waals surface area contributed by atoms with E-state index >= 15 is 0 Å². The standard InChI is InChI=1S/C36H59NO11/c1-13-24-34(9,40)29(38)19(4)27-17(2)15-33(8,46-27)30(44-25-14-23(37(10)11)18(3)21(6)42-25)20(5)28-26(32(39)43-24)35(47-28)16-36(41-12)31(48-36)22(7)45-35/h18-26,28-31,38,40H,13-16H2,1-12H3/t18-,19-,20-,21?,22?,23?,24+,25?,26+,28-,29+,30+,31?,33+,34+,35?,36?/m0/s1. The number of carbonyl (C=O) groups excluding carboxylic acids is 1. The number of aliphatic hydroxyl groups is 2. The van der Waals surface area contributed by atoms with Crippen molar-refractivity contribution in [2.75, 3.05) is 21.2 Å². The highest BCUT2D eigenvalue weighted by atomic mass is 16.8. The van der Waals surface area contributed by atoms with Gasteiger partial charge in [-0.25, -0.2) is 0 Å². The molecule has 6 aliphatic heterocycles. The van der Waals surface area contributed by atoms with Gasteiger partial charge < -0.3 is 53.0 Å². The van der Waals surface area contributed by atoms with Crippen molar-refractivity contribution in [3.05, 3.63) is 11.3 Å². The van der Waals surface area contributed by atoms with Gasteiger partial charge in [-0.1, -0.05) is 27.7 Å². The van der Waals surface area contributed by atoms with E-state index in [1.54, 1.807) is 7.11 Å². The maximum absolute atomic E-state index is 14.5. The van der Waals surface area contributed by atoms with Crippen LogP contribution in [0.3, 0.4) is 0 Å². The van der Waals surface area contributed by atoms with Crippen molar-refractivity contribution in [2.24, 2.45) is 23.7 Å². The normalized spacial score (nSPS) is 53.9. The molecule has 6 aliphatic rings. The summed E-state index contributed by atoms with van der Waals surface area (Å²) in [6.07, 6.45) is -3.23. The van der Waals surface area contributed by atoms with Gasteiger partial charge in [-0.3, -0.25) is 4.79 Å². The lowest BCUT2D eigenvalue weighted by Crippen LogP contribution is -2.72. The highest BCUT2D eigenvalue weighted by Crippen LogP contribution is 2.61. The molecule has 1 spiro atoms. The fourth-order valence-corrected chi connectivity index (χ4v) is 9.67. The SMILES string of the molecule is CC[C@H]1OC(=O)[C@H]2[C@@H](OC23CC2(OC)OC2C(C)O3)[C@H](C)[C@@H](OC2CC(N(C)C)[C@@H](C)C(C)O2)[C@@]2(C)CC(C)=C(O2)[C@H](C)[C@@H](O)[C@]1(C)O. The second kappa shape index (κ2) is 12.4. The minimum atomic E-state index is -1.79. The Labute approximate surface area is 285 Å². The van der Waals surface area contributed by atoms with E-state index in [2.05, 4.69) is 32.8 Å². The van der Waals surface area contributed by atoms with E-state index < -0.39 is 83.3 Å². The van der Waals surface area contributed by atoms with E-state index in [1.165, 1.54) is 6.92 Å². The van der Waals surface area contributed by atoms with Crippen LogP contribution < -0.4 is 0 Å². The lowest BCUT2D eigenvalue weighted by atomic mass is 9.71. The van der Waals surface area contributed by atoms with Gasteiger partial charge in [0.2, 0.25) is 5.79 Å².